The molecule has 20 heavy (non-hydrogen) atoms. The smallest absolute Gasteiger partial charge is 0.0406 e. The summed E-state index contributed by atoms with van der Waals surface area (Å²) in [6, 6.07) is 7.76. The van der Waals surface area contributed by atoms with E-state index < -0.39 is 0 Å². The first-order valence-corrected chi connectivity index (χ1v) is 7.82. The van der Waals surface area contributed by atoms with Crippen molar-refractivity contribution in [1.82, 2.24) is 4.90 Å². The first-order valence-electron chi connectivity index (χ1n) is 7.44. The molecule has 1 fully saturated rings. The lowest BCUT2D eigenvalue weighted by molar-refractivity contribution is 0.0887. The number of halogens is 1. The highest BCUT2D eigenvalue weighted by atomic mass is 35.5. The van der Waals surface area contributed by atoms with Gasteiger partial charge in [0.05, 0.1) is 0 Å². The van der Waals surface area contributed by atoms with Crippen molar-refractivity contribution in [2.75, 3.05) is 13.1 Å². The van der Waals surface area contributed by atoms with E-state index in [1.165, 1.54) is 25.9 Å². The number of hydrogen-bond donors (Lipinski definition) is 0. The minimum Gasteiger partial charge on any atom is -0.298 e. The fourth-order valence-electron chi connectivity index (χ4n) is 2.64. The zero-order chi connectivity index (χ0) is 14.6. The molecule has 0 amide bonds. The zero-order valence-electron chi connectivity index (χ0n) is 12.7. The third-order valence-corrected chi connectivity index (χ3v) is 4.28. The van der Waals surface area contributed by atoms with Gasteiger partial charge >= 0.3 is 0 Å². The number of rotatable bonds is 1. The average molecular weight is 290 g/mol. The molecule has 0 bridgehead atoms. The fourth-order valence-corrected chi connectivity index (χ4v) is 2.76. The van der Waals surface area contributed by atoms with Crippen LogP contribution in [-0.2, 0) is 0 Å². The molecule has 0 spiro atoms. The summed E-state index contributed by atoms with van der Waals surface area (Å²) >= 11 is 5.87. The molecule has 0 atom stereocenters. The van der Waals surface area contributed by atoms with Crippen LogP contribution in [-0.4, -0.2) is 23.5 Å². The lowest BCUT2D eigenvalue weighted by atomic mass is 9.91. The molecule has 0 saturated carbocycles. The van der Waals surface area contributed by atoms with E-state index in [1.54, 1.807) is 0 Å². The average Bonchev–Trinajstić information content (AvgIpc) is 2.41. The molecule has 0 aromatic heterocycles. The van der Waals surface area contributed by atoms with Gasteiger partial charge in [0.15, 0.2) is 0 Å². The van der Waals surface area contributed by atoms with E-state index in [2.05, 4.69) is 37.5 Å². The summed E-state index contributed by atoms with van der Waals surface area (Å²) in [5, 5.41) is 0.769. The minimum absolute atomic E-state index is 0.306. The standard InChI is InChI=1S/C18H24ClN/c1-18(2,3)20-13-11-16(12-14-20)6-4-5-15-7-9-17(19)10-8-15/h7-10,16H,6,11-14H2,1-3H3. The number of hydrogen-bond acceptors (Lipinski definition) is 1. The molecule has 2 heteroatoms. The molecule has 1 aliphatic heterocycles. The van der Waals surface area contributed by atoms with E-state index in [4.69, 9.17) is 11.6 Å². The first-order chi connectivity index (χ1) is 9.45. The summed E-state index contributed by atoms with van der Waals surface area (Å²) in [6.07, 6.45) is 3.56. The van der Waals surface area contributed by atoms with Crippen LogP contribution in [0.4, 0.5) is 0 Å². The third-order valence-electron chi connectivity index (χ3n) is 4.03. The van der Waals surface area contributed by atoms with Crippen LogP contribution in [0.3, 0.4) is 0 Å². The number of benzene rings is 1. The minimum atomic E-state index is 0.306. The maximum absolute atomic E-state index is 5.87. The van der Waals surface area contributed by atoms with E-state index in [-0.39, 0.29) is 0 Å². The van der Waals surface area contributed by atoms with Crippen LogP contribution >= 0.6 is 11.6 Å². The highest BCUT2D eigenvalue weighted by Gasteiger charge is 2.26. The van der Waals surface area contributed by atoms with Crippen LogP contribution in [0.15, 0.2) is 24.3 Å². The zero-order valence-corrected chi connectivity index (χ0v) is 13.5. The van der Waals surface area contributed by atoms with Gasteiger partial charge in [0.1, 0.15) is 0 Å². The van der Waals surface area contributed by atoms with Crippen molar-refractivity contribution in [3.63, 3.8) is 0 Å². The molecule has 108 valence electrons. The summed E-state index contributed by atoms with van der Waals surface area (Å²) in [5.41, 5.74) is 1.36. The molecule has 0 radical (unpaired) electrons. The maximum Gasteiger partial charge on any atom is 0.0406 e. The molecule has 0 unspecified atom stereocenters. The fraction of sp³-hybridized carbons (Fsp3) is 0.556. The van der Waals surface area contributed by atoms with Gasteiger partial charge < -0.3 is 0 Å². The van der Waals surface area contributed by atoms with Crippen molar-refractivity contribution in [3.05, 3.63) is 34.9 Å². The van der Waals surface area contributed by atoms with Crippen LogP contribution in [0.25, 0.3) is 0 Å². The van der Waals surface area contributed by atoms with Gasteiger partial charge in [0, 0.05) is 22.5 Å². The lowest BCUT2D eigenvalue weighted by Crippen LogP contribution is -2.46. The van der Waals surface area contributed by atoms with Crippen LogP contribution in [0.1, 0.15) is 45.6 Å². The highest BCUT2D eigenvalue weighted by Crippen LogP contribution is 2.25. The van der Waals surface area contributed by atoms with E-state index in [1.807, 2.05) is 24.3 Å². The maximum atomic E-state index is 5.87. The number of likely N-dealkylation sites (tertiary alicyclic amines) is 1. The molecule has 1 aromatic rings. The van der Waals surface area contributed by atoms with Gasteiger partial charge in [-0.2, -0.15) is 0 Å². The van der Waals surface area contributed by atoms with Crippen molar-refractivity contribution in [2.24, 2.45) is 5.92 Å². The summed E-state index contributed by atoms with van der Waals surface area (Å²) in [4.78, 5) is 2.58. The molecule has 1 aromatic carbocycles. The summed E-state index contributed by atoms with van der Waals surface area (Å²) in [6.45, 7) is 9.31. The van der Waals surface area contributed by atoms with Crippen LogP contribution in [0.2, 0.25) is 5.02 Å². The second kappa shape index (κ2) is 6.66. The number of piperidine rings is 1. The van der Waals surface area contributed by atoms with E-state index in [0.29, 0.717) is 5.54 Å². The van der Waals surface area contributed by atoms with Gasteiger partial charge in [0.25, 0.3) is 0 Å². The Labute approximate surface area is 128 Å². The normalized spacial score (nSPS) is 17.6. The largest absolute Gasteiger partial charge is 0.298 e. The Hall–Kier alpha value is -0.970. The Morgan fingerprint density at radius 1 is 1.15 bits per heavy atom. The van der Waals surface area contributed by atoms with Crippen LogP contribution in [0.5, 0.6) is 0 Å². The van der Waals surface area contributed by atoms with Crippen molar-refractivity contribution in [3.8, 4) is 11.8 Å². The molecule has 1 heterocycles. The van der Waals surface area contributed by atoms with Crippen molar-refractivity contribution in [2.45, 2.75) is 45.6 Å². The van der Waals surface area contributed by atoms with Gasteiger partial charge in [-0.3, -0.25) is 4.90 Å². The molecular weight excluding hydrogens is 266 g/mol. The molecule has 1 nitrogen and oxygen atoms in total. The monoisotopic (exact) mass is 289 g/mol. The van der Waals surface area contributed by atoms with Gasteiger partial charge in [-0.25, -0.2) is 0 Å². The molecular formula is C18H24ClN. The SMILES string of the molecule is CC(C)(C)N1CCC(CC#Cc2ccc(Cl)cc2)CC1. The molecule has 1 saturated heterocycles. The second-order valence-electron chi connectivity index (χ2n) is 6.61. The van der Waals surface area contributed by atoms with Gasteiger partial charge in [-0.05, 0) is 76.9 Å². The Kier molecular flexibility index (Phi) is 5.13. The quantitative estimate of drug-likeness (QED) is 0.683. The van der Waals surface area contributed by atoms with E-state index in [0.717, 1.165) is 22.9 Å². The Morgan fingerprint density at radius 2 is 1.75 bits per heavy atom. The molecule has 1 aliphatic rings. The molecule has 0 aliphatic carbocycles. The Bertz CT molecular complexity index is 479. The predicted octanol–water partition coefficient (Wildman–Crippen LogP) is 4.59. The summed E-state index contributed by atoms with van der Waals surface area (Å²) < 4.78 is 0. The van der Waals surface area contributed by atoms with E-state index in [9.17, 15) is 0 Å². The third kappa shape index (κ3) is 4.54. The first kappa shape index (κ1) is 15.4. The van der Waals surface area contributed by atoms with E-state index >= 15 is 0 Å². The van der Waals surface area contributed by atoms with Crippen molar-refractivity contribution in [1.29, 1.82) is 0 Å². The van der Waals surface area contributed by atoms with Crippen molar-refractivity contribution >= 4 is 11.6 Å². The van der Waals surface area contributed by atoms with Gasteiger partial charge in [-0.1, -0.05) is 23.4 Å². The Morgan fingerprint density at radius 3 is 2.30 bits per heavy atom. The highest BCUT2D eigenvalue weighted by molar-refractivity contribution is 6.30. The van der Waals surface area contributed by atoms with Crippen LogP contribution < -0.4 is 0 Å². The summed E-state index contributed by atoms with van der Waals surface area (Å²) in [7, 11) is 0. The molecule has 0 N–H and O–H groups in total. The second-order valence-corrected chi connectivity index (χ2v) is 7.05. The number of nitrogens with zero attached hydrogens (tertiary/aromatic N) is 1. The van der Waals surface area contributed by atoms with Crippen molar-refractivity contribution < 1.29 is 0 Å². The topological polar surface area (TPSA) is 3.24 Å². The van der Waals surface area contributed by atoms with Gasteiger partial charge in [0.2, 0.25) is 0 Å². The van der Waals surface area contributed by atoms with Crippen LogP contribution in [0, 0.1) is 17.8 Å². The summed E-state index contributed by atoms with van der Waals surface area (Å²) in [5.74, 6) is 7.33. The molecule has 2 rings (SSSR count). The predicted molar refractivity (Wildman–Crippen MR) is 87.0 cm³/mol. The lowest BCUT2D eigenvalue weighted by Gasteiger charge is -2.40. The Balaban J connectivity index is 1.81. The van der Waals surface area contributed by atoms with Gasteiger partial charge in [-0.15, -0.1) is 0 Å².